The summed E-state index contributed by atoms with van der Waals surface area (Å²) < 4.78 is 385. The third-order valence-corrected chi connectivity index (χ3v) is 28.2. The number of benzene rings is 11. The second-order valence-corrected chi connectivity index (χ2v) is 27.6. The minimum absolute atomic E-state index is 0.0131. The van der Waals surface area contributed by atoms with E-state index in [1.165, 1.54) is 0 Å². The molecule has 12 unspecified atom stereocenters. The third-order valence-electron chi connectivity index (χ3n) is 28.2. The monoisotopic (exact) mass is 1060 g/mol. The molecule has 14 aromatic rings. The van der Waals surface area contributed by atoms with Gasteiger partial charge in [-0.2, -0.15) is 0 Å². The Labute approximate surface area is 409 Å². The summed E-state index contributed by atoms with van der Waals surface area (Å²) in [6.07, 6.45) is 0. The van der Waals surface area contributed by atoms with Crippen LogP contribution in [0.2, 0.25) is 0 Å². The molecule has 0 nitrogen and oxygen atoms in total. The van der Waals surface area contributed by atoms with E-state index >= 15 is 79.0 Å². The van der Waals surface area contributed by atoms with E-state index in [0.29, 0.717) is 0 Å². The Kier molecular flexibility index (Phi) is 2.87. The van der Waals surface area contributed by atoms with E-state index in [0.717, 1.165) is 0 Å². The predicted molar refractivity (Wildman–Crippen MR) is 234 cm³/mol. The zero-order chi connectivity index (χ0) is 51.2. The summed E-state index contributed by atoms with van der Waals surface area (Å²) in [5, 5.41) is -9.97. The van der Waals surface area contributed by atoms with Crippen molar-refractivity contribution in [3.63, 3.8) is 0 Å². The lowest BCUT2D eigenvalue weighted by Gasteiger charge is -2.67. The van der Waals surface area contributed by atoms with Gasteiger partial charge >= 0.3 is 0 Å². The first-order chi connectivity index (χ1) is 36.7. The van der Waals surface area contributed by atoms with E-state index in [-0.39, 0.29) is 80.8 Å². The molecule has 0 saturated heterocycles. The fraction of sp³-hybridized carbons (Fsp3) is 0.300. The molecule has 12 atom stereocenters. The fourth-order valence-corrected chi connectivity index (χ4v) is 28.0. The molecule has 0 aliphatic heterocycles. The Morgan fingerprint density at radius 2 is 0.244 bits per heavy atom. The Morgan fingerprint density at radius 3 is 0.397 bits per heavy atom. The molecule has 0 heterocycles. The lowest BCUT2D eigenvalue weighted by Crippen LogP contribution is -2.85. The van der Waals surface area contributed by atoms with Crippen molar-refractivity contribution in [2.75, 3.05) is 0 Å². The van der Waals surface area contributed by atoms with Gasteiger partial charge in [0.25, 0.3) is 0 Å². The Balaban J connectivity index is 1.16. The lowest BCUT2D eigenvalue weighted by atomic mass is 9.40. The molecule has 0 radical (unpaired) electrons. The van der Waals surface area contributed by atoms with Gasteiger partial charge in [0.15, 0.2) is 0 Å². The van der Waals surface area contributed by atoms with Crippen molar-refractivity contribution in [1.82, 2.24) is 0 Å². The number of alkyl halides is 18. The first kappa shape index (κ1) is 34.3. The van der Waals surface area contributed by atoms with Crippen molar-refractivity contribution >= 4 is 129 Å². The Morgan fingerprint density at radius 1 is 0.115 bits per heavy atom. The van der Waals surface area contributed by atoms with E-state index in [9.17, 15) is 0 Å². The predicted octanol–water partition coefficient (Wildman–Crippen LogP) is 15.0. The zero-order valence-electron chi connectivity index (χ0n) is 36.8. The van der Waals surface area contributed by atoms with Crippen molar-refractivity contribution in [1.29, 1.82) is 0 Å². The smallest absolute Gasteiger partial charge is 0.231 e. The molecule has 78 heavy (non-hydrogen) atoms. The number of hydrogen-bond donors (Lipinski definition) is 0. The van der Waals surface area contributed by atoms with Crippen molar-refractivity contribution in [2.45, 2.75) is 102 Å². The van der Waals surface area contributed by atoms with Crippen molar-refractivity contribution < 1.29 is 79.0 Å². The van der Waals surface area contributed by atoms with Gasteiger partial charge in [0.2, 0.25) is 102 Å². The van der Waals surface area contributed by atoms with Crippen LogP contribution in [-0.4, -0.2) is 17.0 Å². The summed E-state index contributed by atoms with van der Waals surface area (Å²) >= 11 is 0. The van der Waals surface area contributed by atoms with Gasteiger partial charge in [-0.25, -0.2) is 79.0 Å². The minimum atomic E-state index is -6.09. The molecule has 366 valence electrons. The van der Waals surface area contributed by atoms with Crippen LogP contribution in [0.15, 0.2) is 0 Å². The third kappa shape index (κ3) is 1.41. The standard InChI is InChI=1S/C60F18/c61-43-25-16-7-1-2-4-6-5-3(1)9-14-10(5)20-21-12(6)15-11(4)19-18-8(2)13(7)22-31(25)46(64)47(65)32(22)27(18)44(62)28(19)35-24(15)36-30(21)45(63)29(20)34-23(14)33(26(43)17(9)16)48(66)49(34,67)55(73)41-39-37(52(46,70)58(43,76)54(39,48)72)38-40-42(41)57(75,60(45,55)78)51(36,69)50(35,68)56(40,74)59(44,77)53(38,47)71. The topological polar surface area (TPSA) is 0 Å². The SMILES string of the molecule is FC12c3c4c5c6c7c8c9c%10c%11c%12c%13c%14c%15c%16c%17c%18c%19c(c1c1c3c3c5c8c5c3c3c1c%19c%16c3c1c%15c%12c9c51)C1(F)C%18(F)C3(F)c5c8c9c%12c%15c5C(F)(C%13(F)C%11(F)C%15(F)C(F)(C7%10F)C%12(F)C6(F)C4(F)C9(F)C2(F)C81F)C3(F)C%17%14F. The molecular formula is C60F18. The van der Waals surface area contributed by atoms with Crippen LogP contribution in [0.5, 0.6) is 0 Å². The molecule has 0 amide bonds. The number of hydrogen-bond acceptors (Lipinski definition) is 0. The van der Waals surface area contributed by atoms with Crippen molar-refractivity contribution in [3.8, 4) is 0 Å². The highest BCUT2D eigenvalue weighted by molar-refractivity contribution is 6.68. The molecule has 32 rings (SSSR count). The van der Waals surface area contributed by atoms with Crippen LogP contribution in [-0.2, 0) is 85.0 Å². The lowest BCUT2D eigenvalue weighted by molar-refractivity contribution is -0.378. The molecule has 14 aromatic carbocycles. The quantitative estimate of drug-likeness (QED) is 0.105. The van der Waals surface area contributed by atoms with E-state index in [2.05, 4.69) is 0 Å². The molecule has 18 aliphatic rings. The average Bonchev–Trinajstić information content (AvgIpc) is 1.35. The second kappa shape index (κ2) is 6.53. The molecule has 0 aromatic heterocycles. The molecule has 0 bridgehead atoms. The van der Waals surface area contributed by atoms with Gasteiger partial charge < -0.3 is 0 Å². The summed E-state index contributed by atoms with van der Waals surface area (Å²) in [4.78, 5) is 0. The molecule has 18 aliphatic carbocycles. The zero-order valence-corrected chi connectivity index (χ0v) is 36.8. The average molecular weight is 1060 g/mol. The number of halogens is 18. The Bertz CT molecular complexity index is 5420. The van der Waals surface area contributed by atoms with Gasteiger partial charge in [0.05, 0.1) is 0 Å². The maximum atomic E-state index is 21.4. The van der Waals surface area contributed by atoms with Gasteiger partial charge in [-0.15, -0.1) is 0 Å². The highest BCUT2D eigenvalue weighted by atomic mass is 19.2. The van der Waals surface area contributed by atoms with E-state index in [1.807, 2.05) is 0 Å². The largest absolute Gasteiger partial charge is 0.236 e. The first-order valence-electron chi connectivity index (χ1n) is 25.9. The van der Waals surface area contributed by atoms with Crippen molar-refractivity contribution in [3.05, 3.63) is 100 Å². The van der Waals surface area contributed by atoms with Gasteiger partial charge in [-0.3, -0.25) is 0 Å². The van der Waals surface area contributed by atoms with Crippen LogP contribution < -0.4 is 0 Å². The highest BCUT2D eigenvalue weighted by Gasteiger charge is 3.18. The van der Waals surface area contributed by atoms with Crippen molar-refractivity contribution in [2.24, 2.45) is 0 Å². The first-order valence-corrected chi connectivity index (χ1v) is 25.9. The van der Waals surface area contributed by atoms with Gasteiger partial charge in [0.1, 0.15) is 0 Å². The van der Waals surface area contributed by atoms with Crippen LogP contribution in [0, 0.1) is 0 Å². The van der Waals surface area contributed by atoms with Crippen LogP contribution in [0.4, 0.5) is 79.0 Å². The molecule has 0 fully saturated rings. The van der Waals surface area contributed by atoms with Gasteiger partial charge in [-0.1, -0.05) is 0 Å². The highest BCUT2D eigenvalue weighted by Crippen LogP contribution is 3.06. The maximum Gasteiger partial charge on any atom is 0.236 e. The summed E-state index contributed by atoms with van der Waals surface area (Å²) in [5.74, 6) is 0. The van der Waals surface area contributed by atoms with E-state index < -0.39 is 251 Å². The number of rotatable bonds is 0. The minimum Gasteiger partial charge on any atom is -0.231 e. The van der Waals surface area contributed by atoms with Gasteiger partial charge in [0, 0.05) is 100 Å². The van der Waals surface area contributed by atoms with E-state index in [4.69, 9.17) is 0 Å². The Hall–Kier alpha value is -6.72. The molecule has 0 N–H and O–H groups in total. The summed E-state index contributed by atoms with van der Waals surface area (Å²) in [6.45, 7) is 0. The molecule has 0 saturated carbocycles. The molecular weight excluding hydrogens is 1060 g/mol. The van der Waals surface area contributed by atoms with Gasteiger partial charge in [-0.05, 0) is 129 Å². The fourth-order valence-electron chi connectivity index (χ4n) is 28.0. The van der Waals surface area contributed by atoms with Crippen LogP contribution in [0.3, 0.4) is 0 Å². The van der Waals surface area contributed by atoms with Crippen LogP contribution >= 0.6 is 0 Å². The molecule has 0 spiro atoms. The molecule has 18 heteroatoms. The summed E-state index contributed by atoms with van der Waals surface area (Å²) in [7, 11) is 0. The summed E-state index contributed by atoms with van der Waals surface area (Å²) in [6, 6.07) is 0. The maximum absolute atomic E-state index is 21.4. The summed E-state index contributed by atoms with van der Waals surface area (Å²) in [5.41, 5.74) is -139. The second-order valence-electron chi connectivity index (χ2n) is 27.6. The normalized spacial score (nSPS) is 54.7. The van der Waals surface area contributed by atoms with Crippen LogP contribution in [0.25, 0.3) is 129 Å². The van der Waals surface area contributed by atoms with Crippen LogP contribution in [0.1, 0.15) is 100 Å². The van der Waals surface area contributed by atoms with E-state index in [1.54, 1.807) is 0 Å².